The van der Waals surface area contributed by atoms with E-state index in [4.69, 9.17) is 11.6 Å². The molecule has 1 heterocycles. The lowest BCUT2D eigenvalue weighted by Crippen LogP contribution is -2.03. The molecule has 0 radical (unpaired) electrons. The molecule has 0 saturated heterocycles. The number of phenols is 1. The molecule has 16 heavy (non-hydrogen) atoms. The number of tetrazole rings is 1. The largest absolute Gasteiger partial charge is 0.507 e. The molecule has 0 aliphatic rings. The number of aromatic hydroxyl groups is 1. The third-order valence-electron chi connectivity index (χ3n) is 1.88. The van der Waals surface area contributed by atoms with Crippen LogP contribution in [0.15, 0.2) is 18.2 Å². The minimum atomic E-state index is -2.89. The van der Waals surface area contributed by atoms with Gasteiger partial charge in [-0.2, -0.15) is 13.5 Å². The average molecular weight is 247 g/mol. The number of hydrogen-bond donors (Lipinski definition) is 1. The highest BCUT2D eigenvalue weighted by Crippen LogP contribution is 2.31. The van der Waals surface area contributed by atoms with Gasteiger partial charge < -0.3 is 5.11 Å². The second-order valence-corrected chi connectivity index (χ2v) is 3.32. The van der Waals surface area contributed by atoms with Crippen molar-refractivity contribution in [3.63, 3.8) is 0 Å². The summed E-state index contributed by atoms with van der Waals surface area (Å²) in [6.45, 7) is -2.89. The van der Waals surface area contributed by atoms with E-state index in [9.17, 15) is 13.9 Å². The molecule has 1 aromatic heterocycles. The van der Waals surface area contributed by atoms with E-state index in [1.165, 1.54) is 18.2 Å². The number of benzene rings is 1. The Morgan fingerprint density at radius 2 is 2.12 bits per heavy atom. The maximum absolute atomic E-state index is 12.5. The number of alkyl halides is 2. The molecule has 8 heteroatoms. The van der Waals surface area contributed by atoms with Crippen molar-refractivity contribution in [2.24, 2.45) is 0 Å². The summed E-state index contributed by atoms with van der Waals surface area (Å²) < 4.78 is 25.3. The van der Waals surface area contributed by atoms with Crippen molar-refractivity contribution >= 4 is 11.6 Å². The Bertz CT molecular complexity index is 516. The quantitative estimate of drug-likeness (QED) is 0.881. The molecule has 0 aliphatic carbocycles. The second-order valence-electron chi connectivity index (χ2n) is 2.89. The Morgan fingerprint density at radius 1 is 1.38 bits per heavy atom. The monoisotopic (exact) mass is 246 g/mol. The summed E-state index contributed by atoms with van der Waals surface area (Å²) >= 11 is 5.69. The number of nitrogens with zero attached hydrogens (tertiary/aromatic N) is 4. The molecular formula is C8H5ClF2N4O. The van der Waals surface area contributed by atoms with Gasteiger partial charge in [0.15, 0.2) is 5.82 Å². The molecule has 0 saturated carbocycles. The van der Waals surface area contributed by atoms with E-state index in [0.717, 1.165) is 0 Å². The summed E-state index contributed by atoms with van der Waals surface area (Å²) in [6.07, 6.45) is 0. The fraction of sp³-hybridized carbons (Fsp3) is 0.125. The van der Waals surface area contributed by atoms with Crippen LogP contribution in [0.2, 0.25) is 5.02 Å². The van der Waals surface area contributed by atoms with Crippen LogP contribution in [0.25, 0.3) is 11.4 Å². The fourth-order valence-corrected chi connectivity index (χ4v) is 1.36. The van der Waals surface area contributed by atoms with E-state index in [-0.39, 0.29) is 22.2 Å². The zero-order chi connectivity index (χ0) is 11.7. The van der Waals surface area contributed by atoms with Crippen LogP contribution in [0.5, 0.6) is 5.75 Å². The minimum absolute atomic E-state index is 0.0535. The molecule has 1 N–H and O–H groups in total. The Morgan fingerprint density at radius 3 is 2.81 bits per heavy atom. The lowest BCUT2D eigenvalue weighted by Gasteiger charge is -2.05. The predicted molar refractivity (Wildman–Crippen MR) is 51.2 cm³/mol. The van der Waals surface area contributed by atoms with Crippen molar-refractivity contribution in [3.8, 4) is 17.1 Å². The highest BCUT2D eigenvalue weighted by molar-refractivity contribution is 6.30. The SMILES string of the molecule is Oc1ccc(Cl)cc1-c1nnnn1C(F)F. The van der Waals surface area contributed by atoms with E-state index >= 15 is 0 Å². The van der Waals surface area contributed by atoms with Crippen LogP contribution in [0, 0.1) is 0 Å². The van der Waals surface area contributed by atoms with Crippen LogP contribution in [0.4, 0.5) is 8.78 Å². The normalized spacial score (nSPS) is 11.0. The molecule has 0 fully saturated rings. The standard InChI is InChI=1S/C8H5ClF2N4O/c9-4-1-2-6(16)5(3-4)7-12-13-14-15(7)8(10)11/h1-3,8,16H. The van der Waals surface area contributed by atoms with Gasteiger partial charge in [-0.1, -0.05) is 11.6 Å². The van der Waals surface area contributed by atoms with Crippen LogP contribution >= 0.6 is 11.6 Å². The van der Waals surface area contributed by atoms with E-state index in [0.29, 0.717) is 4.68 Å². The topological polar surface area (TPSA) is 63.8 Å². The van der Waals surface area contributed by atoms with Crippen LogP contribution in [0.1, 0.15) is 6.55 Å². The molecule has 0 bridgehead atoms. The van der Waals surface area contributed by atoms with Gasteiger partial charge in [0.1, 0.15) is 5.75 Å². The Hall–Kier alpha value is -1.76. The number of aromatic nitrogens is 4. The van der Waals surface area contributed by atoms with Crippen LogP contribution in [0.3, 0.4) is 0 Å². The summed E-state index contributed by atoms with van der Waals surface area (Å²) in [6, 6.07) is 4.01. The summed E-state index contributed by atoms with van der Waals surface area (Å²) in [5.74, 6) is -0.462. The van der Waals surface area contributed by atoms with E-state index in [2.05, 4.69) is 15.5 Å². The maximum Gasteiger partial charge on any atom is 0.336 e. The number of halogens is 3. The van der Waals surface area contributed by atoms with Crippen molar-refractivity contribution in [3.05, 3.63) is 23.2 Å². The average Bonchev–Trinajstić information content (AvgIpc) is 2.70. The van der Waals surface area contributed by atoms with Crippen LogP contribution < -0.4 is 0 Å². The molecule has 2 aromatic rings. The third kappa shape index (κ3) is 1.81. The van der Waals surface area contributed by atoms with E-state index < -0.39 is 6.55 Å². The lowest BCUT2D eigenvalue weighted by atomic mass is 10.2. The first-order chi connectivity index (χ1) is 7.59. The molecule has 2 rings (SSSR count). The lowest BCUT2D eigenvalue weighted by molar-refractivity contribution is 0.0564. The van der Waals surface area contributed by atoms with E-state index in [1.807, 2.05) is 0 Å². The highest BCUT2D eigenvalue weighted by atomic mass is 35.5. The molecule has 0 amide bonds. The number of rotatable bonds is 2. The van der Waals surface area contributed by atoms with E-state index in [1.54, 1.807) is 0 Å². The zero-order valence-corrected chi connectivity index (χ0v) is 8.44. The molecule has 1 aromatic carbocycles. The number of phenolic OH excluding ortho intramolecular Hbond substituents is 1. The van der Waals surface area contributed by atoms with Gasteiger partial charge in [0, 0.05) is 5.02 Å². The molecular weight excluding hydrogens is 242 g/mol. The van der Waals surface area contributed by atoms with Gasteiger partial charge in [0.05, 0.1) is 5.56 Å². The van der Waals surface area contributed by atoms with Crippen molar-refractivity contribution in [1.82, 2.24) is 20.2 Å². The van der Waals surface area contributed by atoms with Gasteiger partial charge in [0.25, 0.3) is 0 Å². The molecule has 0 spiro atoms. The third-order valence-corrected chi connectivity index (χ3v) is 2.11. The van der Waals surface area contributed by atoms with Gasteiger partial charge in [-0.3, -0.25) is 0 Å². The Balaban J connectivity index is 2.58. The maximum atomic E-state index is 12.5. The first-order valence-corrected chi connectivity index (χ1v) is 4.52. The van der Waals surface area contributed by atoms with Crippen molar-refractivity contribution in [2.75, 3.05) is 0 Å². The Kier molecular flexibility index (Phi) is 2.69. The first kappa shape index (κ1) is 10.7. The number of hydrogen-bond acceptors (Lipinski definition) is 4. The van der Waals surface area contributed by atoms with Gasteiger partial charge in [-0.15, -0.1) is 5.10 Å². The van der Waals surface area contributed by atoms with Crippen molar-refractivity contribution < 1.29 is 13.9 Å². The highest BCUT2D eigenvalue weighted by Gasteiger charge is 2.18. The molecule has 0 aliphatic heterocycles. The zero-order valence-electron chi connectivity index (χ0n) is 7.68. The molecule has 84 valence electrons. The van der Waals surface area contributed by atoms with Gasteiger partial charge >= 0.3 is 6.55 Å². The van der Waals surface area contributed by atoms with Gasteiger partial charge in [-0.05, 0) is 28.6 Å². The second kappa shape index (κ2) is 4.01. The summed E-state index contributed by atoms with van der Waals surface area (Å²) in [5.41, 5.74) is 0.0535. The summed E-state index contributed by atoms with van der Waals surface area (Å²) in [4.78, 5) is 0. The van der Waals surface area contributed by atoms with Crippen molar-refractivity contribution in [1.29, 1.82) is 0 Å². The smallest absolute Gasteiger partial charge is 0.336 e. The predicted octanol–water partition coefficient (Wildman–Crippen LogP) is 2.09. The van der Waals surface area contributed by atoms with Crippen LogP contribution in [-0.4, -0.2) is 25.3 Å². The fourth-order valence-electron chi connectivity index (χ4n) is 1.19. The molecule has 0 atom stereocenters. The van der Waals surface area contributed by atoms with Crippen molar-refractivity contribution in [2.45, 2.75) is 6.55 Å². The molecule has 0 unspecified atom stereocenters. The van der Waals surface area contributed by atoms with Gasteiger partial charge in [-0.25, -0.2) is 0 Å². The van der Waals surface area contributed by atoms with Gasteiger partial charge in [0.2, 0.25) is 0 Å². The summed E-state index contributed by atoms with van der Waals surface area (Å²) in [7, 11) is 0. The first-order valence-electron chi connectivity index (χ1n) is 4.14. The minimum Gasteiger partial charge on any atom is -0.507 e. The van der Waals surface area contributed by atoms with Crippen LogP contribution in [-0.2, 0) is 0 Å². The summed E-state index contributed by atoms with van der Waals surface area (Å²) in [5, 5.41) is 19.4. The molecule has 5 nitrogen and oxygen atoms in total. The Labute approximate surface area is 93.3 Å².